The summed E-state index contributed by atoms with van der Waals surface area (Å²) in [7, 11) is 0. The van der Waals surface area contributed by atoms with Gasteiger partial charge in [0.2, 0.25) is 5.89 Å². The van der Waals surface area contributed by atoms with Crippen LogP contribution in [0.2, 0.25) is 0 Å². The number of likely N-dealkylation sites (tertiary alicyclic amines) is 1. The molecular weight excluding hydrogens is 336 g/mol. The minimum atomic E-state index is -0.0595. The van der Waals surface area contributed by atoms with Gasteiger partial charge in [-0.2, -0.15) is 4.98 Å². The van der Waals surface area contributed by atoms with Crippen LogP contribution < -0.4 is 0 Å². The molecule has 9 nitrogen and oxygen atoms in total. The molecule has 1 unspecified atom stereocenters. The molecule has 26 heavy (non-hydrogen) atoms. The molecule has 2 aromatic rings. The first-order valence-electron chi connectivity index (χ1n) is 8.76. The summed E-state index contributed by atoms with van der Waals surface area (Å²) in [4.78, 5) is 29.6. The molecule has 2 aliphatic heterocycles. The molecule has 2 aliphatic rings. The van der Waals surface area contributed by atoms with Crippen molar-refractivity contribution in [3.8, 4) is 0 Å². The monoisotopic (exact) mass is 358 g/mol. The van der Waals surface area contributed by atoms with Crippen molar-refractivity contribution in [2.24, 2.45) is 0 Å². The maximum atomic E-state index is 12.7. The molecule has 0 radical (unpaired) electrons. The number of hydrogen-bond acceptors (Lipinski definition) is 8. The van der Waals surface area contributed by atoms with Crippen LogP contribution >= 0.6 is 0 Å². The van der Waals surface area contributed by atoms with E-state index in [9.17, 15) is 4.79 Å². The van der Waals surface area contributed by atoms with Gasteiger partial charge in [0, 0.05) is 31.4 Å². The Balaban J connectivity index is 1.43. The molecule has 0 aromatic carbocycles. The lowest BCUT2D eigenvalue weighted by Gasteiger charge is -2.48. The van der Waals surface area contributed by atoms with Gasteiger partial charge >= 0.3 is 0 Å². The fraction of sp³-hybridized carbons (Fsp3) is 0.588. The summed E-state index contributed by atoms with van der Waals surface area (Å²) in [6.45, 7) is 8.76. The second-order valence-electron chi connectivity index (χ2n) is 6.81. The quantitative estimate of drug-likeness (QED) is 0.790. The number of morpholine rings is 1. The molecule has 0 bridgehead atoms. The van der Waals surface area contributed by atoms with Gasteiger partial charge in [0.15, 0.2) is 5.82 Å². The zero-order valence-corrected chi connectivity index (χ0v) is 15.2. The molecule has 138 valence electrons. The van der Waals surface area contributed by atoms with Crippen LogP contribution in [0.15, 0.2) is 10.6 Å². The van der Waals surface area contributed by atoms with Gasteiger partial charge in [-0.05, 0) is 26.8 Å². The summed E-state index contributed by atoms with van der Waals surface area (Å²) in [5.41, 5.74) is 1.26. The molecule has 2 fully saturated rings. The van der Waals surface area contributed by atoms with E-state index in [0.717, 1.165) is 12.2 Å². The highest BCUT2D eigenvalue weighted by molar-refractivity contribution is 5.93. The highest BCUT2D eigenvalue weighted by Gasteiger charge is 2.41. The van der Waals surface area contributed by atoms with Gasteiger partial charge in [-0.3, -0.25) is 9.69 Å². The van der Waals surface area contributed by atoms with E-state index in [2.05, 4.69) is 25.0 Å². The maximum Gasteiger partial charge on any atom is 0.272 e. The highest BCUT2D eigenvalue weighted by atomic mass is 16.5. The lowest BCUT2D eigenvalue weighted by Crippen LogP contribution is -2.63. The van der Waals surface area contributed by atoms with Crippen LogP contribution in [0, 0.1) is 20.8 Å². The van der Waals surface area contributed by atoms with Crippen molar-refractivity contribution in [2.45, 2.75) is 32.9 Å². The minimum Gasteiger partial charge on any atom is -0.378 e. The minimum absolute atomic E-state index is 0.0479. The van der Waals surface area contributed by atoms with Crippen LogP contribution in [-0.2, 0) is 4.74 Å². The van der Waals surface area contributed by atoms with Gasteiger partial charge in [0.1, 0.15) is 17.6 Å². The standard InChI is InChI=1S/C17H22N6O3/c1-10-6-14(19-11(2)18-10)17(24)22-7-13(8-22)23-4-5-25-9-15(23)16-20-12(3)21-26-16/h6,13,15H,4-5,7-9H2,1-3H3. The molecule has 4 heterocycles. The van der Waals surface area contributed by atoms with Gasteiger partial charge < -0.3 is 14.2 Å². The van der Waals surface area contributed by atoms with Gasteiger partial charge in [0.25, 0.3) is 5.91 Å². The van der Waals surface area contributed by atoms with Crippen LogP contribution in [0.4, 0.5) is 0 Å². The second kappa shape index (κ2) is 6.73. The van der Waals surface area contributed by atoms with E-state index in [1.54, 1.807) is 19.9 Å². The highest BCUT2D eigenvalue weighted by Crippen LogP contribution is 2.29. The molecule has 2 aromatic heterocycles. The Kier molecular flexibility index (Phi) is 4.41. The van der Waals surface area contributed by atoms with Crippen molar-refractivity contribution < 1.29 is 14.1 Å². The molecule has 0 saturated carbocycles. The third-order valence-electron chi connectivity index (χ3n) is 4.80. The number of amides is 1. The van der Waals surface area contributed by atoms with Gasteiger partial charge in [-0.15, -0.1) is 0 Å². The number of carbonyl (C=O) groups excluding carboxylic acids is 1. The second-order valence-corrected chi connectivity index (χ2v) is 6.81. The maximum absolute atomic E-state index is 12.7. The van der Waals surface area contributed by atoms with Crippen molar-refractivity contribution in [2.75, 3.05) is 32.8 Å². The fourth-order valence-electron chi connectivity index (χ4n) is 3.53. The average molecular weight is 358 g/mol. The summed E-state index contributed by atoms with van der Waals surface area (Å²) in [6, 6.07) is 1.93. The molecule has 4 rings (SSSR count). The van der Waals surface area contributed by atoms with Crippen molar-refractivity contribution >= 4 is 5.91 Å². The number of hydrogen-bond donors (Lipinski definition) is 0. The predicted molar refractivity (Wildman–Crippen MR) is 90.5 cm³/mol. The van der Waals surface area contributed by atoms with Gasteiger partial charge in [0.05, 0.1) is 13.2 Å². The smallest absolute Gasteiger partial charge is 0.272 e. The van der Waals surface area contributed by atoms with E-state index in [4.69, 9.17) is 9.26 Å². The van der Waals surface area contributed by atoms with Crippen molar-refractivity contribution in [1.29, 1.82) is 0 Å². The number of ether oxygens (including phenoxy) is 1. The Morgan fingerprint density at radius 2 is 1.96 bits per heavy atom. The fourth-order valence-corrected chi connectivity index (χ4v) is 3.53. The summed E-state index contributed by atoms with van der Waals surface area (Å²) >= 11 is 0. The lowest BCUT2D eigenvalue weighted by atomic mass is 10.0. The molecule has 1 atom stereocenters. The first-order chi connectivity index (χ1) is 12.5. The molecular formula is C17H22N6O3. The Morgan fingerprint density at radius 3 is 2.65 bits per heavy atom. The Bertz CT molecular complexity index is 796. The Morgan fingerprint density at radius 1 is 1.15 bits per heavy atom. The van der Waals surface area contributed by atoms with Crippen molar-refractivity contribution in [3.63, 3.8) is 0 Å². The van der Waals surface area contributed by atoms with Gasteiger partial charge in [-0.1, -0.05) is 5.16 Å². The lowest BCUT2D eigenvalue weighted by molar-refractivity contribution is -0.0713. The molecule has 0 N–H and O–H groups in total. The normalized spacial score (nSPS) is 21.7. The summed E-state index contributed by atoms with van der Waals surface area (Å²) in [5, 5.41) is 3.88. The largest absolute Gasteiger partial charge is 0.378 e. The number of rotatable bonds is 3. The van der Waals surface area contributed by atoms with E-state index in [1.165, 1.54) is 0 Å². The Hall–Kier alpha value is -2.39. The van der Waals surface area contributed by atoms with Crippen LogP contribution in [-0.4, -0.2) is 74.7 Å². The van der Waals surface area contributed by atoms with Crippen molar-refractivity contribution in [3.05, 3.63) is 35.0 Å². The van der Waals surface area contributed by atoms with Gasteiger partial charge in [-0.25, -0.2) is 9.97 Å². The van der Waals surface area contributed by atoms with Crippen molar-refractivity contribution in [1.82, 2.24) is 29.9 Å². The third-order valence-corrected chi connectivity index (χ3v) is 4.80. The van der Waals surface area contributed by atoms with Crippen LogP contribution in [0.5, 0.6) is 0 Å². The molecule has 0 aliphatic carbocycles. The van der Waals surface area contributed by atoms with E-state index < -0.39 is 0 Å². The number of nitrogens with zero attached hydrogens (tertiary/aromatic N) is 6. The summed E-state index contributed by atoms with van der Waals surface area (Å²) in [6.07, 6.45) is 0. The van der Waals surface area contributed by atoms with Crippen LogP contribution in [0.25, 0.3) is 0 Å². The van der Waals surface area contributed by atoms with E-state index >= 15 is 0 Å². The molecule has 0 spiro atoms. The summed E-state index contributed by atoms with van der Waals surface area (Å²) < 4.78 is 10.9. The number of aromatic nitrogens is 4. The molecule has 2 saturated heterocycles. The average Bonchev–Trinajstić information content (AvgIpc) is 2.99. The molecule has 1 amide bonds. The van der Waals surface area contributed by atoms with E-state index in [-0.39, 0.29) is 18.0 Å². The topological polar surface area (TPSA) is 97.5 Å². The number of carbonyl (C=O) groups is 1. The van der Waals surface area contributed by atoms with Crippen LogP contribution in [0.1, 0.15) is 39.8 Å². The SMILES string of the molecule is Cc1cc(C(=O)N2CC(N3CCOCC3c3nc(C)no3)C2)nc(C)n1. The summed E-state index contributed by atoms with van der Waals surface area (Å²) in [5.74, 6) is 1.76. The predicted octanol–water partition coefficient (Wildman–Crippen LogP) is 0.683. The zero-order chi connectivity index (χ0) is 18.3. The van der Waals surface area contributed by atoms with Crippen LogP contribution in [0.3, 0.4) is 0 Å². The third kappa shape index (κ3) is 3.19. The first-order valence-corrected chi connectivity index (χ1v) is 8.76. The number of aryl methyl sites for hydroxylation is 3. The molecule has 9 heteroatoms. The van der Waals surface area contributed by atoms with E-state index in [1.807, 2.05) is 11.8 Å². The zero-order valence-electron chi connectivity index (χ0n) is 15.2. The van der Waals surface area contributed by atoms with E-state index in [0.29, 0.717) is 49.5 Å². The Labute approximate surface area is 151 Å². The first kappa shape index (κ1) is 17.0.